The number of carbonyl (C=O) groups is 1. The number of pyridine rings is 2. The fraction of sp³-hybridized carbons (Fsp3) is 0.192. The molecule has 0 saturated heterocycles. The van der Waals surface area contributed by atoms with E-state index in [0.29, 0.717) is 17.3 Å². The van der Waals surface area contributed by atoms with Gasteiger partial charge in [-0.2, -0.15) is 0 Å². The van der Waals surface area contributed by atoms with Crippen LogP contribution in [0.15, 0.2) is 87.5 Å². The van der Waals surface area contributed by atoms with Crippen molar-refractivity contribution < 1.29 is 13.2 Å². The quantitative estimate of drug-likeness (QED) is 0.448. The van der Waals surface area contributed by atoms with Crippen molar-refractivity contribution in [3.05, 3.63) is 94.4 Å². The van der Waals surface area contributed by atoms with E-state index in [1.54, 1.807) is 37.3 Å². The van der Waals surface area contributed by atoms with Gasteiger partial charge < -0.3 is 9.88 Å². The summed E-state index contributed by atoms with van der Waals surface area (Å²) in [4.78, 5) is 30.0. The lowest BCUT2D eigenvalue weighted by Gasteiger charge is -2.14. The van der Waals surface area contributed by atoms with Crippen LogP contribution in [0.5, 0.6) is 0 Å². The third-order valence-electron chi connectivity index (χ3n) is 5.55. The van der Waals surface area contributed by atoms with Crippen LogP contribution in [0, 0.1) is 6.92 Å². The molecule has 0 fully saturated rings. The molecule has 0 aliphatic rings. The summed E-state index contributed by atoms with van der Waals surface area (Å²) in [5, 5.41) is 2.96. The van der Waals surface area contributed by atoms with Crippen LogP contribution in [0.3, 0.4) is 0 Å². The lowest BCUT2D eigenvalue weighted by molar-refractivity contribution is -0.116. The summed E-state index contributed by atoms with van der Waals surface area (Å²) in [5.74, 6) is 0.00480. The molecule has 174 valence electrons. The molecule has 0 aliphatic carbocycles. The summed E-state index contributed by atoms with van der Waals surface area (Å²) in [5.41, 5.74) is 2.03. The van der Waals surface area contributed by atoms with Crippen molar-refractivity contribution in [2.45, 2.75) is 43.0 Å². The molecule has 0 saturated carbocycles. The average Bonchev–Trinajstić information content (AvgIpc) is 2.81. The monoisotopic (exact) mass is 475 g/mol. The topological polar surface area (TPSA) is 98.1 Å². The first kappa shape index (κ1) is 23.4. The Kier molecular flexibility index (Phi) is 6.34. The predicted molar refractivity (Wildman–Crippen MR) is 132 cm³/mol. The van der Waals surface area contributed by atoms with Crippen molar-refractivity contribution in [1.29, 1.82) is 0 Å². The standard InChI is InChI=1S/C26H25N3O4S/c1-17(2)19-10-12-20(13-11-19)28-24(30)16-29-15-23(34(32,33)21-7-5-4-6-8-21)25(31)22-14-9-18(3)27-26(22)29/h4-15,17H,16H2,1-3H3,(H,28,30). The molecule has 8 heteroatoms. The average molecular weight is 476 g/mol. The lowest BCUT2D eigenvalue weighted by atomic mass is 10.0. The number of rotatable bonds is 6. The van der Waals surface area contributed by atoms with E-state index >= 15 is 0 Å². The zero-order valence-electron chi connectivity index (χ0n) is 19.1. The van der Waals surface area contributed by atoms with E-state index in [1.165, 1.54) is 22.9 Å². The van der Waals surface area contributed by atoms with Crippen molar-refractivity contribution in [3.63, 3.8) is 0 Å². The van der Waals surface area contributed by atoms with Crippen molar-refractivity contribution in [3.8, 4) is 0 Å². The molecule has 4 rings (SSSR count). The van der Waals surface area contributed by atoms with E-state index in [0.717, 1.165) is 5.56 Å². The molecule has 0 radical (unpaired) electrons. The number of hydrogen-bond donors (Lipinski definition) is 1. The van der Waals surface area contributed by atoms with Crippen LogP contribution >= 0.6 is 0 Å². The van der Waals surface area contributed by atoms with Gasteiger partial charge >= 0.3 is 0 Å². The molecule has 4 aromatic rings. The number of nitrogens with one attached hydrogen (secondary N) is 1. The van der Waals surface area contributed by atoms with Gasteiger partial charge in [0.2, 0.25) is 21.2 Å². The number of benzene rings is 2. The maximum Gasteiger partial charge on any atom is 0.244 e. The highest BCUT2D eigenvalue weighted by Crippen LogP contribution is 2.21. The molecule has 2 heterocycles. The second kappa shape index (κ2) is 9.23. The zero-order chi connectivity index (χ0) is 24.5. The van der Waals surface area contributed by atoms with E-state index < -0.39 is 20.2 Å². The van der Waals surface area contributed by atoms with Gasteiger partial charge in [-0.15, -0.1) is 0 Å². The fourth-order valence-corrected chi connectivity index (χ4v) is 5.07. The van der Waals surface area contributed by atoms with Gasteiger partial charge in [0, 0.05) is 17.6 Å². The van der Waals surface area contributed by atoms with Crippen molar-refractivity contribution in [2.24, 2.45) is 0 Å². The van der Waals surface area contributed by atoms with Gasteiger partial charge in [0.1, 0.15) is 17.1 Å². The second-order valence-corrected chi connectivity index (χ2v) is 10.3. The summed E-state index contributed by atoms with van der Waals surface area (Å²) in [6.45, 7) is 5.73. The number of carbonyl (C=O) groups excluding carboxylic acids is 1. The third kappa shape index (κ3) is 4.63. The summed E-state index contributed by atoms with van der Waals surface area (Å²) < 4.78 is 27.9. The highest BCUT2D eigenvalue weighted by atomic mass is 32.2. The third-order valence-corrected chi connectivity index (χ3v) is 7.31. The molecular weight excluding hydrogens is 450 g/mol. The molecule has 2 aromatic heterocycles. The van der Waals surface area contributed by atoms with E-state index in [9.17, 15) is 18.0 Å². The van der Waals surface area contributed by atoms with E-state index in [-0.39, 0.29) is 28.4 Å². The number of hydrogen-bond acceptors (Lipinski definition) is 5. The summed E-state index contributed by atoms with van der Waals surface area (Å²) in [7, 11) is -4.09. The van der Waals surface area contributed by atoms with Gasteiger partial charge in [-0.3, -0.25) is 9.59 Å². The van der Waals surface area contributed by atoms with Gasteiger partial charge in [0.15, 0.2) is 0 Å². The lowest BCUT2D eigenvalue weighted by Crippen LogP contribution is -2.24. The molecule has 2 aromatic carbocycles. The maximum absolute atomic E-state index is 13.2. The van der Waals surface area contributed by atoms with Crippen LogP contribution in [0.25, 0.3) is 11.0 Å². The number of nitrogens with zero attached hydrogens (tertiary/aromatic N) is 2. The Morgan fingerprint density at radius 2 is 1.68 bits per heavy atom. The van der Waals surface area contributed by atoms with Gasteiger partial charge in [0.05, 0.1) is 10.3 Å². The minimum absolute atomic E-state index is 0.00719. The van der Waals surface area contributed by atoms with Gasteiger partial charge in [-0.1, -0.05) is 44.2 Å². The summed E-state index contributed by atoms with van der Waals surface area (Å²) in [6.07, 6.45) is 1.21. The van der Waals surface area contributed by atoms with Gasteiger partial charge in [0.25, 0.3) is 0 Å². The molecule has 0 unspecified atom stereocenters. The number of aromatic nitrogens is 2. The fourth-order valence-electron chi connectivity index (χ4n) is 3.68. The highest BCUT2D eigenvalue weighted by molar-refractivity contribution is 7.91. The van der Waals surface area contributed by atoms with Gasteiger partial charge in [-0.05, 0) is 54.8 Å². The van der Waals surface area contributed by atoms with Crippen LogP contribution in [0.4, 0.5) is 5.69 Å². The molecular formula is C26H25N3O4S. The Labute approximate surface area is 198 Å². The Morgan fingerprint density at radius 3 is 2.32 bits per heavy atom. The molecule has 1 N–H and O–H groups in total. The number of anilines is 1. The zero-order valence-corrected chi connectivity index (χ0v) is 20.0. The molecule has 34 heavy (non-hydrogen) atoms. The number of amides is 1. The smallest absolute Gasteiger partial charge is 0.244 e. The van der Waals surface area contributed by atoms with E-state index in [1.807, 2.05) is 24.3 Å². The molecule has 0 spiro atoms. The van der Waals surface area contributed by atoms with Crippen LogP contribution in [0.2, 0.25) is 0 Å². The SMILES string of the molecule is Cc1ccc2c(=O)c(S(=O)(=O)c3ccccc3)cn(CC(=O)Nc3ccc(C(C)C)cc3)c2n1. The normalized spacial score (nSPS) is 11.6. The first-order valence-corrected chi connectivity index (χ1v) is 12.4. The molecule has 0 atom stereocenters. The van der Waals surface area contributed by atoms with E-state index in [4.69, 9.17) is 0 Å². The van der Waals surface area contributed by atoms with Crippen molar-refractivity contribution in [2.75, 3.05) is 5.32 Å². The number of aryl methyl sites for hydroxylation is 1. The number of fused-ring (bicyclic) bond motifs is 1. The molecule has 1 amide bonds. The van der Waals surface area contributed by atoms with Gasteiger partial charge in [-0.25, -0.2) is 13.4 Å². The minimum atomic E-state index is -4.09. The minimum Gasteiger partial charge on any atom is -0.325 e. The van der Waals surface area contributed by atoms with Crippen molar-refractivity contribution >= 4 is 32.5 Å². The highest BCUT2D eigenvalue weighted by Gasteiger charge is 2.24. The Hall–Kier alpha value is -3.78. The van der Waals surface area contributed by atoms with Crippen LogP contribution < -0.4 is 10.7 Å². The summed E-state index contributed by atoms with van der Waals surface area (Å²) in [6, 6.07) is 18.5. The Morgan fingerprint density at radius 1 is 1.00 bits per heavy atom. The largest absolute Gasteiger partial charge is 0.325 e. The first-order chi connectivity index (χ1) is 16.2. The van der Waals surface area contributed by atoms with Crippen molar-refractivity contribution in [1.82, 2.24) is 9.55 Å². The summed E-state index contributed by atoms with van der Waals surface area (Å²) >= 11 is 0. The first-order valence-electron chi connectivity index (χ1n) is 10.9. The second-order valence-electron chi connectivity index (χ2n) is 8.42. The molecule has 0 aliphatic heterocycles. The molecule has 0 bridgehead atoms. The van der Waals surface area contributed by atoms with Crippen LogP contribution in [0.1, 0.15) is 31.0 Å². The number of sulfone groups is 1. The maximum atomic E-state index is 13.2. The van der Waals surface area contributed by atoms with Crippen LogP contribution in [-0.2, 0) is 21.2 Å². The Bertz CT molecular complexity index is 1520. The van der Waals surface area contributed by atoms with E-state index in [2.05, 4.69) is 24.1 Å². The predicted octanol–water partition coefficient (Wildman–Crippen LogP) is 4.30. The van der Waals surface area contributed by atoms with Crippen LogP contribution in [-0.4, -0.2) is 23.9 Å². The molecule has 7 nitrogen and oxygen atoms in total. The Balaban J connectivity index is 1.76.